The maximum absolute atomic E-state index is 14.8. The van der Waals surface area contributed by atoms with Crippen LogP contribution in [0.1, 0.15) is 18.2 Å². The smallest absolute Gasteiger partial charge is 0.283 e. The summed E-state index contributed by atoms with van der Waals surface area (Å²) < 4.78 is 16.5. The number of piperazine rings is 1. The molecule has 0 bridgehead atoms. The summed E-state index contributed by atoms with van der Waals surface area (Å²) in [5.74, 6) is -0.0824. The van der Waals surface area contributed by atoms with Crippen LogP contribution >= 0.6 is 0 Å². The average molecular weight is 498 g/mol. The number of anilines is 1. The number of aromatic nitrogens is 3. The third kappa shape index (κ3) is 4.28. The maximum Gasteiger partial charge on any atom is 0.283 e. The van der Waals surface area contributed by atoms with E-state index in [1.54, 1.807) is 27.6 Å². The van der Waals surface area contributed by atoms with Crippen LogP contribution < -0.4 is 10.5 Å². The summed E-state index contributed by atoms with van der Waals surface area (Å²) in [5.41, 5.74) is 3.89. The van der Waals surface area contributed by atoms with E-state index >= 15 is 0 Å². The Morgan fingerprint density at radius 2 is 1.76 bits per heavy atom. The minimum Gasteiger partial charge on any atom is -0.335 e. The number of amides is 1. The van der Waals surface area contributed by atoms with Gasteiger partial charge in [0.25, 0.3) is 5.56 Å². The summed E-state index contributed by atoms with van der Waals surface area (Å²) in [5, 5.41) is 4.84. The number of nitrogens with zero attached hydrogens (tertiary/aromatic N) is 5. The lowest BCUT2D eigenvalue weighted by molar-refractivity contribution is -0.126. The van der Waals surface area contributed by atoms with Crippen molar-refractivity contribution in [1.29, 1.82) is 0 Å². The largest absolute Gasteiger partial charge is 0.335 e. The molecule has 0 radical (unpaired) electrons. The van der Waals surface area contributed by atoms with Crippen LogP contribution in [0.2, 0.25) is 0 Å². The van der Waals surface area contributed by atoms with Crippen molar-refractivity contribution in [3.05, 3.63) is 94.7 Å². The Kier molecular flexibility index (Phi) is 6.33. The Bertz CT molecular complexity index is 1600. The molecule has 1 saturated heterocycles. The van der Waals surface area contributed by atoms with Gasteiger partial charge in [0.1, 0.15) is 5.82 Å². The number of rotatable bonds is 4. The first-order valence-corrected chi connectivity index (χ1v) is 12.2. The number of halogens is 1. The molecule has 1 aliphatic rings. The number of aryl methyl sites for hydroxylation is 2. The van der Waals surface area contributed by atoms with Crippen molar-refractivity contribution >= 4 is 17.4 Å². The van der Waals surface area contributed by atoms with E-state index in [1.807, 2.05) is 56.0 Å². The molecule has 37 heavy (non-hydrogen) atoms. The van der Waals surface area contributed by atoms with E-state index in [4.69, 9.17) is 5.10 Å². The molecule has 0 aliphatic carbocycles. The van der Waals surface area contributed by atoms with E-state index in [1.165, 1.54) is 12.1 Å². The van der Waals surface area contributed by atoms with Gasteiger partial charge in [-0.15, -0.1) is 0 Å². The first kappa shape index (κ1) is 24.4. The number of carbonyl (C=O) groups excluding carboxylic acids is 1. The van der Waals surface area contributed by atoms with E-state index in [0.717, 1.165) is 11.1 Å². The van der Waals surface area contributed by atoms with E-state index in [2.05, 4.69) is 11.6 Å². The van der Waals surface area contributed by atoms with Crippen LogP contribution in [-0.2, 0) is 4.79 Å². The highest BCUT2D eigenvalue weighted by molar-refractivity contribution is 5.87. The normalized spacial score (nSPS) is 15.7. The quantitative estimate of drug-likeness (QED) is 0.391. The number of hydrogen-bond donors (Lipinski definition) is 0. The molecule has 0 unspecified atom stereocenters. The molecule has 5 rings (SSSR count). The lowest BCUT2D eigenvalue weighted by atomic mass is 9.98. The fraction of sp³-hybridized carbons (Fsp3) is 0.241. The highest BCUT2D eigenvalue weighted by atomic mass is 19.1. The van der Waals surface area contributed by atoms with Crippen LogP contribution in [0.15, 0.2) is 72.0 Å². The van der Waals surface area contributed by atoms with Gasteiger partial charge in [0.15, 0.2) is 0 Å². The second-order valence-electron chi connectivity index (χ2n) is 9.36. The van der Waals surface area contributed by atoms with Gasteiger partial charge in [-0.2, -0.15) is 14.6 Å². The fourth-order valence-electron chi connectivity index (χ4n) is 5.02. The predicted octanol–water partition coefficient (Wildman–Crippen LogP) is 4.40. The van der Waals surface area contributed by atoms with Gasteiger partial charge in [0.05, 0.1) is 16.8 Å². The summed E-state index contributed by atoms with van der Waals surface area (Å²) >= 11 is 0. The van der Waals surface area contributed by atoms with Crippen molar-refractivity contribution in [2.45, 2.75) is 26.8 Å². The molecule has 4 aromatic rings. The molecule has 8 heteroatoms. The van der Waals surface area contributed by atoms with Crippen molar-refractivity contribution in [2.24, 2.45) is 0 Å². The summed E-state index contributed by atoms with van der Waals surface area (Å²) in [4.78, 5) is 34.1. The molecule has 2 aromatic carbocycles. The minimum atomic E-state index is -0.383. The maximum atomic E-state index is 14.8. The standard InChI is InChI=1S/C29H28FN5O2/c1-5-26(36)33-14-15-34(19(3)17-33)29-31-28(37)27(21-11-7-6-10-18(21)2)25-16-23(20(4)32-35(25)29)22-12-8-9-13-24(22)30/h5-13,16,19H,1,14-15,17H2,2-4H3/t19-/m0/s1. The summed E-state index contributed by atoms with van der Waals surface area (Å²) in [6.07, 6.45) is 1.31. The zero-order chi connectivity index (χ0) is 26.3. The van der Waals surface area contributed by atoms with Crippen molar-refractivity contribution in [1.82, 2.24) is 19.5 Å². The van der Waals surface area contributed by atoms with Crippen molar-refractivity contribution in [3.8, 4) is 22.3 Å². The first-order chi connectivity index (χ1) is 17.8. The predicted molar refractivity (Wildman–Crippen MR) is 143 cm³/mol. The van der Waals surface area contributed by atoms with Gasteiger partial charge in [-0.05, 0) is 50.1 Å². The van der Waals surface area contributed by atoms with E-state index < -0.39 is 0 Å². The van der Waals surface area contributed by atoms with Gasteiger partial charge in [-0.1, -0.05) is 49.0 Å². The third-order valence-electron chi connectivity index (χ3n) is 6.96. The van der Waals surface area contributed by atoms with Gasteiger partial charge in [0.2, 0.25) is 11.9 Å². The molecule has 188 valence electrons. The number of fused-ring (bicyclic) bond motifs is 1. The second kappa shape index (κ2) is 9.61. The van der Waals surface area contributed by atoms with E-state index in [-0.39, 0.29) is 23.3 Å². The SMILES string of the molecule is C=CC(=O)N1CCN(c2nc(=O)c(-c3ccccc3C)c3cc(-c4ccccc4F)c(C)nn23)[C@@H](C)C1. The molecule has 1 aliphatic heterocycles. The monoisotopic (exact) mass is 497 g/mol. The lowest BCUT2D eigenvalue weighted by Gasteiger charge is -2.40. The van der Waals surface area contributed by atoms with Gasteiger partial charge in [-0.3, -0.25) is 9.59 Å². The average Bonchev–Trinajstić information content (AvgIpc) is 2.89. The Labute approximate surface area is 214 Å². The van der Waals surface area contributed by atoms with Crippen LogP contribution in [0.25, 0.3) is 27.8 Å². The molecule has 1 fully saturated rings. The molecule has 1 atom stereocenters. The number of carbonyl (C=O) groups is 1. The van der Waals surface area contributed by atoms with Crippen molar-refractivity contribution < 1.29 is 9.18 Å². The number of hydrogen-bond acceptors (Lipinski definition) is 5. The molecule has 0 spiro atoms. The molecule has 2 aromatic heterocycles. The Morgan fingerprint density at radius 1 is 1.05 bits per heavy atom. The van der Waals surface area contributed by atoms with Crippen LogP contribution in [-0.4, -0.2) is 51.1 Å². The van der Waals surface area contributed by atoms with Crippen molar-refractivity contribution in [2.75, 3.05) is 24.5 Å². The molecule has 0 N–H and O–H groups in total. The van der Waals surface area contributed by atoms with E-state index in [9.17, 15) is 14.0 Å². The van der Waals surface area contributed by atoms with Crippen LogP contribution in [0, 0.1) is 19.7 Å². The highest BCUT2D eigenvalue weighted by Crippen LogP contribution is 2.32. The molecule has 0 saturated carbocycles. The topological polar surface area (TPSA) is 70.8 Å². The first-order valence-electron chi connectivity index (χ1n) is 12.2. The van der Waals surface area contributed by atoms with Crippen LogP contribution in [0.3, 0.4) is 0 Å². The lowest BCUT2D eigenvalue weighted by Crippen LogP contribution is -2.54. The van der Waals surface area contributed by atoms with E-state index in [0.29, 0.717) is 53.5 Å². The van der Waals surface area contributed by atoms with Gasteiger partial charge >= 0.3 is 0 Å². The Hall–Kier alpha value is -4.33. The zero-order valence-corrected chi connectivity index (χ0v) is 21.1. The highest BCUT2D eigenvalue weighted by Gasteiger charge is 2.30. The molecule has 7 nitrogen and oxygen atoms in total. The van der Waals surface area contributed by atoms with Crippen LogP contribution in [0.4, 0.5) is 10.3 Å². The zero-order valence-electron chi connectivity index (χ0n) is 21.1. The van der Waals surface area contributed by atoms with Gasteiger partial charge in [-0.25, -0.2) is 4.39 Å². The van der Waals surface area contributed by atoms with Gasteiger partial charge < -0.3 is 9.80 Å². The fourth-order valence-corrected chi connectivity index (χ4v) is 5.02. The molecule has 3 heterocycles. The molecular weight excluding hydrogens is 469 g/mol. The summed E-state index contributed by atoms with van der Waals surface area (Å²) in [7, 11) is 0. The second-order valence-corrected chi connectivity index (χ2v) is 9.36. The van der Waals surface area contributed by atoms with Crippen molar-refractivity contribution in [3.63, 3.8) is 0 Å². The molecular formula is C29H28FN5O2. The third-order valence-corrected chi connectivity index (χ3v) is 6.96. The van der Waals surface area contributed by atoms with Crippen LogP contribution in [0.5, 0.6) is 0 Å². The number of benzene rings is 2. The Morgan fingerprint density at radius 3 is 2.43 bits per heavy atom. The summed E-state index contributed by atoms with van der Waals surface area (Å²) in [6.45, 7) is 10.7. The van der Waals surface area contributed by atoms with Gasteiger partial charge in [0, 0.05) is 36.8 Å². The minimum absolute atomic E-state index is 0.113. The molecule has 1 amide bonds. The summed E-state index contributed by atoms with van der Waals surface area (Å²) in [6, 6.07) is 15.9. The Balaban J connectivity index is 1.76.